The number of nitrogens with zero attached hydrogens (tertiary/aromatic N) is 5. The summed E-state index contributed by atoms with van der Waals surface area (Å²) in [4.78, 5) is 18.9. The zero-order chi connectivity index (χ0) is 19.2. The minimum Gasteiger partial charge on any atom is -0.356 e. The van der Waals surface area contributed by atoms with Gasteiger partial charge in [0, 0.05) is 50.0 Å². The molecule has 27 heavy (non-hydrogen) atoms. The summed E-state index contributed by atoms with van der Waals surface area (Å²) in [5.41, 5.74) is 2.21. The van der Waals surface area contributed by atoms with Crippen molar-refractivity contribution in [3.8, 4) is 5.82 Å². The van der Waals surface area contributed by atoms with Crippen LogP contribution in [0, 0.1) is 20.8 Å². The van der Waals surface area contributed by atoms with E-state index in [1.807, 2.05) is 30.0 Å². The number of guanidine groups is 1. The molecule has 2 N–H and O–H groups in total. The zero-order valence-corrected chi connectivity index (χ0v) is 17.0. The molecule has 0 spiro atoms. The first kappa shape index (κ1) is 19.0. The maximum atomic E-state index is 4.57. The monoisotopic (exact) mass is 383 g/mol. The van der Waals surface area contributed by atoms with Crippen LogP contribution in [0.3, 0.4) is 0 Å². The SMILES string of the molecule is CN=C(NCCc1nc(C)c(C)s1)NCc1ccc(-n2ccnc2C)nc1. The number of aliphatic imine (C=N–C) groups is 1. The van der Waals surface area contributed by atoms with Crippen molar-refractivity contribution in [1.29, 1.82) is 0 Å². The Bertz CT molecular complexity index is 889. The molecule has 0 aliphatic rings. The van der Waals surface area contributed by atoms with E-state index in [0.29, 0.717) is 6.54 Å². The number of hydrogen-bond acceptors (Lipinski definition) is 5. The lowest BCUT2D eigenvalue weighted by atomic mass is 10.3. The summed E-state index contributed by atoms with van der Waals surface area (Å²) in [6, 6.07) is 4.05. The second kappa shape index (κ2) is 8.77. The second-order valence-electron chi connectivity index (χ2n) is 6.22. The second-order valence-corrected chi connectivity index (χ2v) is 7.51. The van der Waals surface area contributed by atoms with Crippen molar-refractivity contribution in [3.05, 3.63) is 57.7 Å². The molecule has 0 bridgehead atoms. The van der Waals surface area contributed by atoms with Crippen molar-refractivity contribution in [3.63, 3.8) is 0 Å². The van der Waals surface area contributed by atoms with Crippen LogP contribution in [0.2, 0.25) is 0 Å². The van der Waals surface area contributed by atoms with Crippen molar-refractivity contribution in [1.82, 2.24) is 30.2 Å². The Balaban J connectivity index is 1.48. The standard InChI is InChI=1S/C19H25N7S/c1-13-14(2)27-18(25-13)7-8-22-19(20-4)24-12-16-5-6-17(23-11-16)26-10-9-21-15(26)3/h5-6,9-11H,7-8,12H2,1-4H3,(H2,20,22,24). The lowest BCUT2D eigenvalue weighted by Gasteiger charge is -2.11. The Hall–Kier alpha value is -2.74. The molecule has 142 valence electrons. The van der Waals surface area contributed by atoms with Crippen molar-refractivity contribution in [2.45, 2.75) is 33.7 Å². The van der Waals surface area contributed by atoms with Crippen LogP contribution in [0.1, 0.15) is 27.0 Å². The number of pyridine rings is 1. The van der Waals surface area contributed by atoms with Gasteiger partial charge in [-0.25, -0.2) is 15.0 Å². The van der Waals surface area contributed by atoms with Crippen molar-refractivity contribution < 1.29 is 0 Å². The fourth-order valence-electron chi connectivity index (χ4n) is 2.62. The quantitative estimate of drug-likeness (QED) is 0.505. The molecule has 0 aromatic carbocycles. The maximum absolute atomic E-state index is 4.57. The fraction of sp³-hybridized carbons (Fsp3) is 0.368. The van der Waals surface area contributed by atoms with E-state index >= 15 is 0 Å². The Kier molecular flexibility index (Phi) is 6.18. The average molecular weight is 384 g/mol. The van der Waals surface area contributed by atoms with E-state index in [1.54, 1.807) is 24.6 Å². The van der Waals surface area contributed by atoms with Crippen LogP contribution in [0.5, 0.6) is 0 Å². The normalized spacial score (nSPS) is 11.6. The minimum atomic E-state index is 0.658. The molecule has 0 atom stereocenters. The molecule has 7 nitrogen and oxygen atoms in total. The fourth-order valence-corrected chi connectivity index (χ4v) is 3.56. The summed E-state index contributed by atoms with van der Waals surface area (Å²) in [6.07, 6.45) is 6.44. The van der Waals surface area contributed by atoms with Crippen LogP contribution in [0.4, 0.5) is 0 Å². The van der Waals surface area contributed by atoms with E-state index in [-0.39, 0.29) is 0 Å². The summed E-state index contributed by atoms with van der Waals surface area (Å²) in [7, 11) is 1.77. The van der Waals surface area contributed by atoms with E-state index in [4.69, 9.17) is 0 Å². The Morgan fingerprint density at radius 1 is 1.19 bits per heavy atom. The molecule has 3 aromatic heterocycles. The zero-order valence-electron chi connectivity index (χ0n) is 16.2. The van der Waals surface area contributed by atoms with Gasteiger partial charge >= 0.3 is 0 Å². The highest BCUT2D eigenvalue weighted by molar-refractivity contribution is 7.11. The summed E-state index contributed by atoms with van der Waals surface area (Å²) < 4.78 is 1.96. The molecule has 0 unspecified atom stereocenters. The first-order chi connectivity index (χ1) is 13.1. The van der Waals surface area contributed by atoms with Crippen LogP contribution in [0.25, 0.3) is 5.82 Å². The maximum Gasteiger partial charge on any atom is 0.191 e. The van der Waals surface area contributed by atoms with E-state index in [2.05, 4.69) is 50.5 Å². The van der Waals surface area contributed by atoms with Gasteiger partial charge in [0.1, 0.15) is 11.6 Å². The molecule has 0 fully saturated rings. The van der Waals surface area contributed by atoms with Crippen LogP contribution in [-0.4, -0.2) is 39.1 Å². The van der Waals surface area contributed by atoms with E-state index in [0.717, 1.165) is 46.8 Å². The van der Waals surface area contributed by atoms with Gasteiger partial charge in [-0.05, 0) is 32.4 Å². The van der Waals surface area contributed by atoms with Gasteiger partial charge in [0.25, 0.3) is 0 Å². The molecule has 0 saturated heterocycles. The van der Waals surface area contributed by atoms with E-state index < -0.39 is 0 Å². The Labute approximate surface area is 163 Å². The van der Waals surface area contributed by atoms with Gasteiger partial charge in [-0.2, -0.15) is 0 Å². The number of hydrogen-bond donors (Lipinski definition) is 2. The summed E-state index contributed by atoms with van der Waals surface area (Å²) in [6.45, 7) is 7.57. The topological polar surface area (TPSA) is 80.0 Å². The molecule has 0 aliphatic carbocycles. The number of aryl methyl sites for hydroxylation is 3. The lowest BCUT2D eigenvalue weighted by molar-refractivity contribution is 0.788. The van der Waals surface area contributed by atoms with Crippen LogP contribution < -0.4 is 10.6 Å². The van der Waals surface area contributed by atoms with Crippen molar-refractivity contribution >= 4 is 17.3 Å². The minimum absolute atomic E-state index is 0.658. The highest BCUT2D eigenvalue weighted by atomic mass is 32.1. The molecule has 3 rings (SSSR count). The first-order valence-corrected chi connectivity index (χ1v) is 9.71. The van der Waals surface area contributed by atoms with E-state index in [9.17, 15) is 0 Å². The lowest BCUT2D eigenvalue weighted by Crippen LogP contribution is -2.37. The molecule has 0 radical (unpaired) electrons. The summed E-state index contributed by atoms with van der Waals surface area (Å²) >= 11 is 1.76. The summed E-state index contributed by atoms with van der Waals surface area (Å²) in [5.74, 6) is 2.56. The van der Waals surface area contributed by atoms with E-state index in [1.165, 1.54) is 4.88 Å². The molecular weight excluding hydrogens is 358 g/mol. The number of rotatable bonds is 6. The predicted molar refractivity (Wildman–Crippen MR) is 110 cm³/mol. The first-order valence-electron chi connectivity index (χ1n) is 8.89. The predicted octanol–water partition coefficient (Wildman–Crippen LogP) is 2.56. The molecular formula is C19H25N7S. The smallest absolute Gasteiger partial charge is 0.191 e. The van der Waals surface area contributed by atoms with Crippen LogP contribution in [0.15, 0.2) is 35.7 Å². The van der Waals surface area contributed by atoms with Gasteiger partial charge in [0.15, 0.2) is 5.96 Å². The van der Waals surface area contributed by atoms with Crippen molar-refractivity contribution in [2.24, 2.45) is 4.99 Å². The third kappa shape index (κ3) is 4.91. The van der Waals surface area contributed by atoms with Gasteiger partial charge in [-0.15, -0.1) is 11.3 Å². The number of nitrogens with one attached hydrogen (secondary N) is 2. The number of imidazole rings is 1. The summed E-state index contributed by atoms with van der Waals surface area (Å²) in [5, 5.41) is 7.80. The third-order valence-electron chi connectivity index (χ3n) is 4.27. The third-order valence-corrected chi connectivity index (χ3v) is 5.40. The molecule has 0 aliphatic heterocycles. The Morgan fingerprint density at radius 3 is 2.63 bits per heavy atom. The van der Waals surface area contributed by atoms with Crippen LogP contribution >= 0.6 is 11.3 Å². The highest BCUT2D eigenvalue weighted by Crippen LogP contribution is 2.16. The van der Waals surface area contributed by atoms with Gasteiger partial charge in [-0.1, -0.05) is 6.07 Å². The molecule has 0 amide bonds. The average Bonchev–Trinajstić information content (AvgIpc) is 3.23. The Morgan fingerprint density at radius 2 is 2.04 bits per heavy atom. The molecule has 3 aromatic rings. The largest absolute Gasteiger partial charge is 0.356 e. The van der Waals surface area contributed by atoms with Crippen LogP contribution in [-0.2, 0) is 13.0 Å². The van der Waals surface area contributed by atoms with Gasteiger partial charge in [-0.3, -0.25) is 9.56 Å². The number of thiazole rings is 1. The molecule has 8 heteroatoms. The van der Waals surface area contributed by atoms with Gasteiger partial charge in [0.2, 0.25) is 0 Å². The number of aromatic nitrogens is 4. The van der Waals surface area contributed by atoms with Crippen molar-refractivity contribution in [2.75, 3.05) is 13.6 Å². The molecule has 3 heterocycles. The molecule has 0 saturated carbocycles. The highest BCUT2D eigenvalue weighted by Gasteiger charge is 2.05. The van der Waals surface area contributed by atoms with Gasteiger partial charge in [0.05, 0.1) is 10.7 Å². The van der Waals surface area contributed by atoms with Gasteiger partial charge < -0.3 is 10.6 Å².